The van der Waals surface area contributed by atoms with Crippen molar-refractivity contribution >= 4 is 10.9 Å². The first-order valence-electron chi connectivity index (χ1n) is 7.06. The second-order valence-corrected chi connectivity index (χ2v) is 5.92. The highest BCUT2D eigenvalue weighted by Gasteiger charge is 2.27. The van der Waals surface area contributed by atoms with E-state index in [1.807, 2.05) is 12.3 Å². The van der Waals surface area contributed by atoms with Crippen LogP contribution >= 0.6 is 0 Å². The van der Waals surface area contributed by atoms with Crippen molar-refractivity contribution in [3.63, 3.8) is 0 Å². The van der Waals surface area contributed by atoms with E-state index in [2.05, 4.69) is 43.1 Å². The van der Waals surface area contributed by atoms with Gasteiger partial charge in [-0.3, -0.25) is 0 Å². The minimum absolute atomic E-state index is 0.334. The van der Waals surface area contributed by atoms with E-state index in [0.717, 1.165) is 29.3 Å². The van der Waals surface area contributed by atoms with E-state index in [9.17, 15) is 5.11 Å². The number of fused-ring (bicyclic) bond motifs is 1. The molecule has 1 aromatic carbocycles. The van der Waals surface area contributed by atoms with Crippen LogP contribution in [0.1, 0.15) is 38.4 Å². The van der Waals surface area contributed by atoms with E-state index >= 15 is 0 Å². The quantitative estimate of drug-likeness (QED) is 0.775. The summed E-state index contributed by atoms with van der Waals surface area (Å²) in [5, 5.41) is 11.9. The number of nitrogens with one attached hydrogen (secondary N) is 1. The third-order valence-corrected chi connectivity index (χ3v) is 4.22. The summed E-state index contributed by atoms with van der Waals surface area (Å²) in [6.07, 6.45) is 5.98. The normalized spacial score (nSPS) is 25.3. The third-order valence-electron chi connectivity index (χ3n) is 4.22. The van der Waals surface area contributed by atoms with Crippen molar-refractivity contribution in [3.8, 4) is 0 Å². The molecule has 2 aromatic rings. The van der Waals surface area contributed by atoms with Gasteiger partial charge in [0.1, 0.15) is 0 Å². The summed E-state index contributed by atoms with van der Waals surface area (Å²) in [6.45, 7) is 4.41. The first-order valence-corrected chi connectivity index (χ1v) is 7.06. The monoisotopic (exact) mass is 255 g/mol. The van der Waals surface area contributed by atoms with Crippen LogP contribution in [0.25, 0.3) is 10.9 Å². The van der Waals surface area contributed by atoms with Gasteiger partial charge in [0.2, 0.25) is 0 Å². The molecule has 0 fully saturated rings. The Bertz CT molecular complexity index is 611. The lowest BCUT2D eigenvalue weighted by molar-refractivity contribution is 0.0945. The Labute approximate surface area is 114 Å². The molecular formula is C17H21NO. The van der Waals surface area contributed by atoms with Crippen LogP contribution < -0.4 is 0 Å². The van der Waals surface area contributed by atoms with Gasteiger partial charge >= 0.3 is 0 Å². The van der Waals surface area contributed by atoms with Gasteiger partial charge in [-0.15, -0.1) is 0 Å². The Morgan fingerprint density at radius 1 is 1.32 bits per heavy atom. The summed E-state index contributed by atoms with van der Waals surface area (Å²) in [7, 11) is 0. The van der Waals surface area contributed by atoms with Crippen molar-refractivity contribution in [3.05, 3.63) is 47.7 Å². The van der Waals surface area contributed by atoms with Crippen LogP contribution in [0.15, 0.2) is 42.1 Å². The second-order valence-electron chi connectivity index (χ2n) is 5.92. The lowest BCUT2D eigenvalue weighted by atomic mass is 9.78. The first-order chi connectivity index (χ1) is 9.15. The van der Waals surface area contributed by atoms with E-state index in [4.69, 9.17) is 0 Å². The van der Waals surface area contributed by atoms with E-state index in [1.165, 1.54) is 5.57 Å². The van der Waals surface area contributed by atoms with Crippen molar-refractivity contribution in [2.45, 2.75) is 32.8 Å². The molecular weight excluding hydrogens is 234 g/mol. The lowest BCUT2D eigenvalue weighted by Gasteiger charge is -2.30. The second kappa shape index (κ2) is 4.86. The standard InChI is InChI=1S/C17H21NO/c1-11-8-12(2)10-13(9-11)17(19)15-4-3-5-16-14(15)6-7-18-16/h3-8,11,13,17-19H,9-10H2,1-2H3. The number of H-pyrrole nitrogens is 1. The highest BCUT2D eigenvalue weighted by Crippen LogP contribution is 2.38. The number of aromatic nitrogens is 1. The minimum Gasteiger partial charge on any atom is -0.388 e. The molecule has 0 saturated carbocycles. The van der Waals surface area contributed by atoms with Gasteiger partial charge in [0.05, 0.1) is 6.10 Å². The smallest absolute Gasteiger partial charge is 0.0828 e. The largest absolute Gasteiger partial charge is 0.388 e. The molecule has 1 heterocycles. The number of aliphatic hydroxyl groups excluding tert-OH is 1. The minimum atomic E-state index is -0.370. The average molecular weight is 255 g/mol. The first kappa shape index (κ1) is 12.5. The van der Waals surface area contributed by atoms with Crippen LogP contribution in [0, 0.1) is 11.8 Å². The molecule has 19 heavy (non-hydrogen) atoms. The Balaban J connectivity index is 1.94. The van der Waals surface area contributed by atoms with Gasteiger partial charge in [0.15, 0.2) is 0 Å². The fourth-order valence-electron chi connectivity index (χ4n) is 3.46. The highest BCUT2D eigenvalue weighted by atomic mass is 16.3. The molecule has 0 spiro atoms. The number of aromatic amines is 1. The zero-order valence-corrected chi connectivity index (χ0v) is 11.6. The van der Waals surface area contributed by atoms with Gasteiger partial charge in [-0.1, -0.05) is 30.7 Å². The maximum absolute atomic E-state index is 10.8. The van der Waals surface area contributed by atoms with Gasteiger partial charge in [0.25, 0.3) is 0 Å². The average Bonchev–Trinajstić information content (AvgIpc) is 2.84. The number of benzene rings is 1. The van der Waals surface area contributed by atoms with E-state index < -0.39 is 0 Å². The predicted molar refractivity (Wildman–Crippen MR) is 78.9 cm³/mol. The zero-order chi connectivity index (χ0) is 13.4. The van der Waals surface area contributed by atoms with Gasteiger partial charge in [0, 0.05) is 17.1 Å². The molecule has 2 heteroatoms. The van der Waals surface area contributed by atoms with E-state index in [-0.39, 0.29) is 6.10 Å². The lowest BCUT2D eigenvalue weighted by Crippen LogP contribution is -2.19. The molecule has 2 N–H and O–H groups in total. The SMILES string of the molecule is CC1=CC(C)CC(C(O)c2cccc3[nH]ccc23)C1. The zero-order valence-electron chi connectivity index (χ0n) is 11.6. The van der Waals surface area contributed by atoms with E-state index in [1.54, 1.807) is 0 Å². The molecule has 100 valence electrons. The van der Waals surface area contributed by atoms with Crippen molar-refractivity contribution < 1.29 is 5.11 Å². The van der Waals surface area contributed by atoms with Gasteiger partial charge in [-0.2, -0.15) is 0 Å². The molecule has 1 aliphatic carbocycles. The molecule has 0 bridgehead atoms. The summed E-state index contributed by atoms with van der Waals surface area (Å²) in [4.78, 5) is 3.21. The molecule has 1 aromatic heterocycles. The summed E-state index contributed by atoms with van der Waals surface area (Å²) >= 11 is 0. The Kier molecular flexibility index (Phi) is 3.19. The van der Waals surface area contributed by atoms with Crippen molar-refractivity contribution in [2.24, 2.45) is 11.8 Å². The predicted octanol–water partition coefficient (Wildman–Crippen LogP) is 4.19. The van der Waals surface area contributed by atoms with Crippen LogP contribution in [0.2, 0.25) is 0 Å². The molecule has 3 unspecified atom stereocenters. The molecule has 0 aliphatic heterocycles. The summed E-state index contributed by atoms with van der Waals surface area (Å²) in [5.41, 5.74) is 3.57. The molecule has 2 nitrogen and oxygen atoms in total. The van der Waals surface area contributed by atoms with Gasteiger partial charge in [-0.25, -0.2) is 0 Å². The molecule has 0 radical (unpaired) electrons. The van der Waals surface area contributed by atoms with Crippen molar-refractivity contribution in [1.82, 2.24) is 4.98 Å². The van der Waals surface area contributed by atoms with Crippen LogP contribution in [-0.2, 0) is 0 Å². The maximum Gasteiger partial charge on any atom is 0.0828 e. The number of rotatable bonds is 2. The Morgan fingerprint density at radius 3 is 2.95 bits per heavy atom. The van der Waals surface area contributed by atoms with Crippen molar-refractivity contribution in [2.75, 3.05) is 0 Å². The van der Waals surface area contributed by atoms with Crippen molar-refractivity contribution in [1.29, 1.82) is 0 Å². The Morgan fingerprint density at radius 2 is 2.16 bits per heavy atom. The molecule has 3 rings (SSSR count). The van der Waals surface area contributed by atoms with Crippen LogP contribution in [0.4, 0.5) is 0 Å². The molecule has 0 saturated heterocycles. The fourth-order valence-corrected chi connectivity index (χ4v) is 3.46. The molecule has 3 atom stereocenters. The van der Waals surface area contributed by atoms with Crippen LogP contribution in [0.3, 0.4) is 0 Å². The Hall–Kier alpha value is -1.54. The highest BCUT2D eigenvalue weighted by molar-refractivity contribution is 5.83. The van der Waals surface area contributed by atoms with Crippen LogP contribution in [-0.4, -0.2) is 10.1 Å². The maximum atomic E-state index is 10.8. The van der Waals surface area contributed by atoms with E-state index in [0.29, 0.717) is 11.8 Å². The number of hydrogen-bond acceptors (Lipinski definition) is 1. The summed E-state index contributed by atoms with van der Waals surface area (Å²) < 4.78 is 0. The van der Waals surface area contributed by atoms with Crippen LogP contribution in [0.5, 0.6) is 0 Å². The topological polar surface area (TPSA) is 36.0 Å². The fraction of sp³-hybridized carbons (Fsp3) is 0.412. The summed E-state index contributed by atoms with van der Waals surface area (Å²) in [5.74, 6) is 0.902. The number of allylic oxidation sites excluding steroid dienone is 2. The third kappa shape index (κ3) is 2.33. The van der Waals surface area contributed by atoms with Gasteiger partial charge in [-0.05, 0) is 49.3 Å². The summed E-state index contributed by atoms with van der Waals surface area (Å²) in [6, 6.07) is 8.19. The molecule has 0 amide bonds. The number of hydrogen-bond donors (Lipinski definition) is 2. The molecule has 1 aliphatic rings. The number of aliphatic hydroxyl groups is 1. The van der Waals surface area contributed by atoms with Gasteiger partial charge < -0.3 is 10.1 Å².